The molecule has 4 aliphatic carbocycles. The first kappa shape index (κ1) is 29.4. The van der Waals surface area contributed by atoms with E-state index in [1.807, 2.05) is 20.8 Å². The lowest BCUT2D eigenvalue weighted by Crippen LogP contribution is -2.69. The average Bonchev–Trinajstić information content (AvgIpc) is 3.61. The van der Waals surface area contributed by atoms with Crippen molar-refractivity contribution in [2.24, 2.45) is 28.6 Å². The summed E-state index contributed by atoms with van der Waals surface area (Å²) in [6.07, 6.45) is 8.56. The largest absolute Gasteiger partial charge is 0.458 e. The molecule has 4 saturated carbocycles. The van der Waals surface area contributed by atoms with Gasteiger partial charge >= 0.3 is 5.97 Å². The fourth-order valence-corrected chi connectivity index (χ4v) is 10.8. The van der Waals surface area contributed by atoms with Crippen molar-refractivity contribution in [3.63, 3.8) is 0 Å². The Morgan fingerprint density at radius 1 is 1.05 bits per heavy atom. The Morgan fingerprint density at radius 3 is 2.55 bits per heavy atom. The first-order chi connectivity index (χ1) is 19.9. The number of carbonyl (C=O) groups is 2. The van der Waals surface area contributed by atoms with Crippen LogP contribution < -0.4 is 0 Å². The number of esters is 1. The van der Waals surface area contributed by atoms with Crippen molar-refractivity contribution in [3.8, 4) is 0 Å². The molecule has 9 heteroatoms. The van der Waals surface area contributed by atoms with Crippen molar-refractivity contribution in [3.05, 3.63) is 11.6 Å². The molecule has 13 atom stereocenters. The molecule has 0 aromatic rings. The highest BCUT2D eigenvalue weighted by molar-refractivity contribution is 5.85. The van der Waals surface area contributed by atoms with Gasteiger partial charge in [0.15, 0.2) is 12.1 Å². The van der Waals surface area contributed by atoms with Crippen LogP contribution in [0.1, 0.15) is 98.3 Å². The van der Waals surface area contributed by atoms with Gasteiger partial charge in [0.1, 0.15) is 19.0 Å². The molecule has 0 amide bonds. The molecule has 6 fully saturated rings. The molecule has 2 N–H and O–H groups in total. The fourth-order valence-electron chi connectivity index (χ4n) is 10.8. The zero-order valence-electron chi connectivity index (χ0n) is 25.5. The summed E-state index contributed by atoms with van der Waals surface area (Å²) in [7, 11) is 0. The van der Waals surface area contributed by atoms with E-state index >= 15 is 0 Å². The number of rotatable bonds is 5. The first-order valence-electron chi connectivity index (χ1n) is 16.3. The van der Waals surface area contributed by atoms with Gasteiger partial charge in [-0.2, -0.15) is 0 Å². The van der Waals surface area contributed by atoms with E-state index in [9.17, 15) is 19.8 Å². The summed E-state index contributed by atoms with van der Waals surface area (Å²) in [5.41, 5.74) is -2.44. The summed E-state index contributed by atoms with van der Waals surface area (Å²) in [5.74, 6) is -0.980. The van der Waals surface area contributed by atoms with Crippen molar-refractivity contribution in [2.45, 2.75) is 146 Å². The van der Waals surface area contributed by atoms with Gasteiger partial charge in [-0.1, -0.05) is 13.8 Å². The Balaban J connectivity index is 1.07. The number of aldehydes is 1. The van der Waals surface area contributed by atoms with E-state index in [4.69, 9.17) is 23.7 Å². The van der Waals surface area contributed by atoms with Crippen LogP contribution in [0.15, 0.2) is 11.6 Å². The molecule has 3 heterocycles. The molecule has 7 aliphatic rings. The van der Waals surface area contributed by atoms with Crippen LogP contribution in [0.4, 0.5) is 0 Å². The third-order valence-electron chi connectivity index (χ3n) is 13.2. The van der Waals surface area contributed by atoms with Crippen LogP contribution in [0.2, 0.25) is 0 Å². The molecule has 3 aliphatic heterocycles. The highest BCUT2D eigenvalue weighted by Crippen LogP contribution is 2.70. The molecule has 2 saturated heterocycles. The van der Waals surface area contributed by atoms with E-state index in [2.05, 4.69) is 6.92 Å². The van der Waals surface area contributed by atoms with Crippen LogP contribution >= 0.6 is 0 Å². The third kappa shape index (κ3) is 4.02. The molecular weight excluding hydrogens is 540 g/mol. The molecule has 0 unspecified atom stereocenters. The van der Waals surface area contributed by atoms with E-state index in [-0.39, 0.29) is 53.6 Å². The topological polar surface area (TPSA) is 121 Å². The maximum Gasteiger partial charge on any atom is 0.331 e. The molecule has 0 aromatic carbocycles. The van der Waals surface area contributed by atoms with Gasteiger partial charge in [0, 0.05) is 24.3 Å². The molecule has 7 rings (SSSR count). The molecule has 0 bridgehead atoms. The summed E-state index contributed by atoms with van der Waals surface area (Å²) >= 11 is 0. The number of fused-ring (bicyclic) bond motifs is 6. The Kier molecular flexibility index (Phi) is 6.86. The SMILES string of the molecule is CC[C@@]1(C)O[C@H]2[C@@H](C)O[C@@H](O[C@H]3CC[C@]4(C=O)[C@H]5CC[C@]6(C)[C@@H](C7=CC(=O)OC7)CC[C@]6(O)[C@@H]5CC[C@]4(O)C3)C[C@H]2O1. The van der Waals surface area contributed by atoms with Gasteiger partial charge in [-0.05, 0) is 95.0 Å². The van der Waals surface area contributed by atoms with Gasteiger partial charge < -0.3 is 38.7 Å². The number of hydrogen-bond acceptors (Lipinski definition) is 9. The maximum absolute atomic E-state index is 13.1. The van der Waals surface area contributed by atoms with E-state index in [1.165, 1.54) is 0 Å². The highest BCUT2D eigenvalue weighted by Gasteiger charge is 2.71. The van der Waals surface area contributed by atoms with E-state index in [0.717, 1.165) is 37.5 Å². The lowest BCUT2D eigenvalue weighted by atomic mass is 9.41. The smallest absolute Gasteiger partial charge is 0.331 e. The number of ether oxygens (including phenoxy) is 5. The normalized spacial score (nSPS) is 55.2. The first-order valence-corrected chi connectivity index (χ1v) is 16.3. The van der Waals surface area contributed by atoms with Crippen LogP contribution in [-0.4, -0.2) is 76.8 Å². The minimum Gasteiger partial charge on any atom is -0.458 e. The second-order valence-electron chi connectivity index (χ2n) is 15.0. The zero-order valence-corrected chi connectivity index (χ0v) is 25.5. The van der Waals surface area contributed by atoms with E-state index in [0.29, 0.717) is 51.6 Å². The number of hydrogen-bond donors (Lipinski definition) is 2. The highest BCUT2D eigenvalue weighted by atomic mass is 16.8. The van der Waals surface area contributed by atoms with Crippen molar-refractivity contribution in [1.29, 1.82) is 0 Å². The number of cyclic esters (lactones) is 1. The summed E-state index contributed by atoms with van der Waals surface area (Å²) in [6.45, 7) is 8.49. The summed E-state index contributed by atoms with van der Waals surface area (Å²) in [6, 6.07) is 0. The third-order valence-corrected chi connectivity index (χ3v) is 13.2. The van der Waals surface area contributed by atoms with Crippen LogP contribution in [-0.2, 0) is 33.3 Å². The van der Waals surface area contributed by atoms with Gasteiger partial charge in [-0.3, -0.25) is 0 Å². The predicted octanol–water partition coefficient (Wildman–Crippen LogP) is 3.97. The van der Waals surface area contributed by atoms with Crippen molar-refractivity contribution < 1.29 is 43.5 Å². The fraction of sp³-hybridized carbons (Fsp3) is 0.879. The van der Waals surface area contributed by atoms with Crippen LogP contribution in [0.5, 0.6) is 0 Å². The Morgan fingerprint density at radius 2 is 1.83 bits per heavy atom. The lowest BCUT2D eigenvalue weighted by Gasteiger charge is -2.65. The van der Waals surface area contributed by atoms with Crippen molar-refractivity contribution in [1.82, 2.24) is 0 Å². The lowest BCUT2D eigenvalue weighted by molar-refractivity contribution is -0.278. The monoisotopic (exact) mass is 588 g/mol. The molecule has 0 spiro atoms. The minimum atomic E-state index is -1.19. The minimum absolute atomic E-state index is 0.0744. The summed E-state index contributed by atoms with van der Waals surface area (Å²) in [4.78, 5) is 25.0. The molecule has 9 nitrogen and oxygen atoms in total. The quantitative estimate of drug-likeness (QED) is 0.279. The Bertz CT molecular complexity index is 1160. The van der Waals surface area contributed by atoms with Crippen LogP contribution in [0, 0.1) is 28.6 Å². The molecule has 42 heavy (non-hydrogen) atoms. The second-order valence-corrected chi connectivity index (χ2v) is 15.0. The van der Waals surface area contributed by atoms with Gasteiger partial charge in [-0.25, -0.2) is 4.79 Å². The van der Waals surface area contributed by atoms with Crippen molar-refractivity contribution >= 4 is 12.3 Å². The van der Waals surface area contributed by atoms with Gasteiger partial charge in [0.2, 0.25) is 0 Å². The Labute approximate surface area is 248 Å². The molecule has 0 radical (unpaired) electrons. The molecule has 234 valence electrons. The standard InChI is InChI=1S/C33H48O9/c1-5-30(4)41-25-15-27(39-19(2)28(25)42-30)40-21-6-11-31(18-34)23-7-10-29(3)22(20-14-26(35)38-17-20)9-13-33(29,37)24(23)8-12-32(31,36)16-21/h14,18-19,21-25,27-28,36-37H,5-13,15-17H2,1-4H3/t19-,21+,22-,23+,24-,25-,27+,28+,29-,30-,31+,32+,33+/m1/s1. The number of carbonyl (C=O) groups excluding carboxylic acids is 2. The Hall–Kier alpha value is -1.36. The number of aliphatic hydroxyl groups is 2. The van der Waals surface area contributed by atoms with Crippen LogP contribution in [0.25, 0.3) is 0 Å². The predicted molar refractivity (Wildman–Crippen MR) is 150 cm³/mol. The molecule has 0 aromatic heterocycles. The van der Waals surface area contributed by atoms with Crippen molar-refractivity contribution in [2.75, 3.05) is 6.61 Å². The maximum atomic E-state index is 13.1. The average molecular weight is 589 g/mol. The summed E-state index contributed by atoms with van der Waals surface area (Å²) in [5, 5.41) is 24.7. The van der Waals surface area contributed by atoms with E-state index in [1.54, 1.807) is 6.08 Å². The van der Waals surface area contributed by atoms with Gasteiger partial charge in [0.25, 0.3) is 0 Å². The molecular formula is C33H48O9. The zero-order chi connectivity index (χ0) is 29.7. The van der Waals surface area contributed by atoms with Crippen LogP contribution in [0.3, 0.4) is 0 Å². The summed E-state index contributed by atoms with van der Waals surface area (Å²) < 4.78 is 30.4. The van der Waals surface area contributed by atoms with E-state index < -0.39 is 28.7 Å². The second kappa shape index (κ2) is 9.82. The van der Waals surface area contributed by atoms with Gasteiger partial charge in [0.05, 0.1) is 34.9 Å². The van der Waals surface area contributed by atoms with Gasteiger partial charge in [-0.15, -0.1) is 0 Å².